The number of fused-ring (bicyclic) bond motifs is 1. The maximum atomic E-state index is 12.4. The quantitative estimate of drug-likeness (QED) is 0.796. The summed E-state index contributed by atoms with van der Waals surface area (Å²) in [6.45, 7) is 6.09. The smallest absolute Gasteiger partial charge is 0.337 e. The van der Waals surface area contributed by atoms with Gasteiger partial charge < -0.3 is 14.4 Å². The van der Waals surface area contributed by atoms with E-state index in [0.29, 0.717) is 23.5 Å². The molecule has 0 spiro atoms. The second-order valence-corrected chi connectivity index (χ2v) is 5.24. The molecular weight excluding hydrogens is 258 g/mol. The Labute approximate surface area is 118 Å². The molecular formula is C15H19NO4. The van der Waals surface area contributed by atoms with Crippen molar-refractivity contribution < 1.29 is 19.1 Å². The van der Waals surface area contributed by atoms with Crippen molar-refractivity contribution in [2.24, 2.45) is 0 Å². The van der Waals surface area contributed by atoms with Crippen LogP contribution >= 0.6 is 0 Å². The Morgan fingerprint density at radius 2 is 2.10 bits per heavy atom. The van der Waals surface area contributed by atoms with Crippen molar-refractivity contribution in [1.29, 1.82) is 0 Å². The van der Waals surface area contributed by atoms with Gasteiger partial charge in [0.05, 0.1) is 18.4 Å². The minimum Gasteiger partial charge on any atom is -0.476 e. The lowest BCUT2D eigenvalue weighted by atomic mass is 10.0. The summed E-state index contributed by atoms with van der Waals surface area (Å²) >= 11 is 0. The highest BCUT2D eigenvalue weighted by atomic mass is 16.5. The predicted octanol–water partition coefficient (Wildman–Crippen LogP) is 2.39. The minimum atomic E-state index is -0.934. The van der Waals surface area contributed by atoms with E-state index >= 15 is 0 Å². The third kappa shape index (κ3) is 2.35. The highest BCUT2D eigenvalue weighted by Crippen LogP contribution is 2.38. The number of methoxy groups -OCH3 is 1. The zero-order chi connectivity index (χ0) is 14.9. The normalized spacial score (nSPS) is 16.4. The molecule has 5 heteroatoms. The van der Waals surface area contributed by atoms with Crippen LogP contribution in [0.5, 0.6) is 5.75 Å². The van der Waals surface area contributed by atoms with E-state index in [0.717, 1.165) is 6.42 Å². The third-order valence-corrected chi connectivity index (χ3v) is 3.24. The molecule has 0 atom stereocenters. The number of nitrogens with zero attached hydrogens (tertiary/aromatic N) is 1. The van der Waals surface area contributed by atoms with Gasteiger partial charge in [-0.15, -0.1) is 0 Å². The van der Waals surface area contributed by atoms with Crippen LogP contribution in [0.2, 0.25) is 0 Å². The summed E-state index contributed by atoms with van der Waals surface area (Å²) in [6, 6.07) is 4.99. The Kier molecular flexibility index (Phi) is 3.70. The molecule has 0 saturated carbocycles. The zero-order valence-electron chi connectivity index (χ0n) is 12.2. The van der Waals surface area contributed by atoms with Gasteiger partial charge in [-0.25, -0.2) is 4.79 Å². The van der Waals surface area contributed by atoms with Gasteiger partial charge >= 0.3 is 5.97 Å². The monoisotopic (exact) mass is 277 g/mol. The molecule has 1 amide bonds. The number of carbonyl (C=O) groups excluding carboxylic acids is 2. The molecule has 0 bridgehead atoms. The lowest BCUT2D eigenvalue weighted by Gasteiger charge is -2.38. The Balaban J connectivity index is 2.48. The van der Waals surface area contributed by atoms with Crippen molar-refractivity contribution in [3.63, 3.8) is 0 Å². The summed E-state index contributed by atoms with van der Waals surface area (Å²) in [4.78, 5) is 25.7. The number of benzene rings is 1. The van der Waals surface area contributed by atoms with Gasteiger partial charge in [0.1, 0.15) is 5.75 Å². The Morgan fingerprint density at radius 3 is 2.70 bits per heavy atom. The standard InChI is InChI=1S/C15H19NO4/c1-5-8-16-11-7-6-10(13(17)19-4)9-12(11)20-15(2,3)14(16)18/h6-7,9H,5,8H2,1-4H3. The van der Waals surface area contributed by atoms with Crippen LogP contribution in [0.3, 0.4) is 0 Å². The van der Waals surface area contributed by atoms with E-state index in [1.165, 1.54) is 7.11 Å². The molecule has 20 heavy (non-hydrogen) atoms. The van der Waals surface area contributed by atoms with Crippen LogP contribution in [-0.4, -0.2) is 31.1 Å². The van der Waals surface area contributed by atoms with Crippen LogP contribution in [0.1, 0.15) is 37.6 Å². The first-order chi connectivity index (χ1) is 9.40. The van der Waals surface area contributed by atoms with Crippen LogP contribution in [0.25, 0.3) is 0 Å². The van der Waals surface area contributed by atoms with Gasteiger partial charge in [-0.05, 0) is 38.5 Å². The summed E-state index contributed by atoms with van der Waals surface area (Å²) < 4.78 is 10.4. The van der Waals surface area contributed by atoms with Crippen LogP contribution in [-0.2, 0) is 9.53 Å². The van der Waals surface area contributed by atoms with Gasteiger partial charge in [0.2, 0.25) is 0 Å². The molecule has 1 heterocycles. The number of rotatable bonds is 3. The predicted molar refractivity (Wildman–Crippen MR) is 75.1 cm³/mol. The molecule has 0 unspecified atom stereocenters. The molecule has 0 radical (unpaired) electrons. The molecule has 1 aliphatic rings. The number of anilines is 1. The Hall–Kier alpha value is -2.04. The average molecular weight is 277 g/mol. The zero-order valence-corrected chi connectivity index (χ0v) is 12.2. The van der Waals surface area contributed by atoms with Crippen molar-refractivity contribution in [3.05, 3.63) is 23.8 Å². The van der Waals surface area contributed by atoms with Crippen LogP contribution in [0, 0.1) is 0 Å². The fourth-order valence-corrected chi connectivity index (χ4v) is 2.26. The van der Waals surface area contributed by atoms with Gasteiger partial charge in [-0.1, -0.05) is 6.92 Å². The summed E-state index contributed by atoms with van der Waals surface area (Å²) in [7, 11) is 1.33. The van der Waals surface area contributed by atoms with E-state index in [2.05, 4.69) is 0 Å². The number of amides is 1. The van der Waals surface area contributed by atoms with Crippen molar-refractivity contribution in [3.8, 4) is 5.75 Å². The Bertz CT molecular complexity index is 551. The van der Waals surface area contributed by atoms with Gasteiger partial charge in [-0.2, -0.15) is 0 Å². The minimum absolute atomic E-state index is 0.0716. The molecule has 0 aliphatic carbocycles. The van der Waals surface area contributed by atoms with Gasteiger partial charge in [0, 0.05) is 6.54 Å². The highest BCUT2D eigenvalue weighted by molar-refractivity contribution is 6.03. The molecule has 108 valence electrons. The van der Waals surface area contributed by atoms with Crippen LogP contribution < -0.4 is 9.64 Å². The van der Waals surface area contributed by atoms with Crippen molar-refractivity contribution in [2.45, 2.75) is 32.8 Å². The molecule has 2 rings (SSSR count). The highest BCUT2D eigenvalue weighted by Gasteiger charge is 2.40. The SMILES string of the molecule is CCCN1C(=O)C(C)(C)Oc2cc(C(=O)OC)ccc21. The van der Waals surface area contributed by atoms with Crippen molar-refractivity contribution in [1.82, 2.24) is 0 Å². The topological polar surface area (TPSA) is 55.8 Å². The second kappa shape index (κ2) is 5.15. The second-order valence-electron chi connectivity index (χ2n) is 5.24. The van der Waals surface area contributed by atoms with Gasteiger partial charge in [-0.3, -0.25) is 4.79 Å². The van der Waals surface area contributed by atoms with Crippen LogP contribution in [0.15, 0.2) is 18.2 Å². The van der Waals surface area contributed by atoms with Gasteiger partial charge in [0.15, 0.2) is 5.60 Å². The first kappa shape index (κ1) is 14.4. The maximum Gasteiger partial charge on any atom is 0.337 e. The molecule has 0 N–H and O–H groups in total. The molecule has 5 nitrogen and oxygen atoms in total. The maximum absolute atomic E-state index is 12.4. The lowest BCUT2D eigenvalue weighted by Crippen LogP contribution is -2.52. The van der Waals surface area contributed by atoms with E-state index in [9.17, 15) is 9.59 Å². The van der Waals surface area contributed by atoms with E-state index in [1.54, 1.807) is 36.9 Å². The third-order valence-electron chi connectivity index (χ3n) is 3.24. The lowest BCUT2D eigenvalue weighted by molar-refractivity contribution is -0.132. The molecule has 0 fully saturated rings. The van der Waals surface area contributed by atoms with Crippen LogP contribution in [0.4, 0.5) is 5.69 Å². The largest absolute Gasteiger partial charge is 0.476 e. The Morgan fingerprint density at radius 1 is 1.40 bits per heavy atom. The van der Waals surface area contributed by atoms with Crippen molar-refractivity contribution in [2.75, 3.05) is 18.6 Å². The fourth-order valence-electron chi connectivity index (χ4n) is 2.26. The summed E-state index contributed by atoms with van der Waals surface area (Å²) in [5.74, 6) is 0.0387. The summed E-state index contributed by atoms with van der Waals surface area (Å²) in [5, 5.41) is 0. The number of hydrogen-bond acceptors (Lipinski definition) is 4. The first-order valence-electron chi connectivity index (χ1n) is 6.64. The van der Waals surface area contributed by atoms with Gasteiger partial charge in [0.25, 0.3) is 5.91 Å². The average Bonchev–Trinajstić information content (AvgIpc) is 2.42. The van der Waals surface area contributed by atoms with Crippen molar-refractivity contribution >= 4 is 17.6 Å². The van der Waals surface area contributed by atoms with E-state index in [-0.39, 0.29) is 5.91 Å². The summed E-state index contributed by atoms with van der Waals surface area (Å²) in [6.07, 6.45) is 0.847. The van der Waals surface area contributed by atoms with E-state index in [4.69, 9.17) is 9.47 Å². The number of hydrogen-bond donors (Lipinski definition) is 0. The van der Waals surface area contributed by atoms with E-state index < -0.39 is 11.6 Å². The first-order valence-corrected chi connectivity index (χ1v) is 6.64. The fraction of sp³-hybridized carbons (Fsp3) is 0.467. The molecule has 0 saturated heterocycles. The molecule has 1 aliphatic heterocycles. The summed E-state index contributed by atoms with van der Waals surface area (Å²) in [5.41, 5.74) is 0.174. The number of carbonyl (C=O) groups is 2. The molecule has 1 aromatic carbocycles. The molecule has 0 aromatic heterocycles. The van der Waals surface area contributed by atoms with E-state index in [1.807, 2.05) is 6.92 Å². The number of ether oxygens (including phenoxy) is 2. The molecule has 1 aromatic rings. The number of esters is 1.